The van der Waals surface area contributed by atoms with Gasteiger partial charge in [0.15, 0.2) is 0 Å². The third-order valence-electron chi connectivity index (χ3n) is 16.2. The molecular formula is C116H156. The summed E-state index contributed by atoms with van der Waals surface area (Å²) in [5.41, 5.74) is 30.8. The minimum absolute atomic E-state index is 1.25. The molecule has 0 nitrogen and oxygen atoms in total. The van der Waals surface area contributed by atoms with Crippen LogP contribution in [0, 0.1) is 27.7 Å². The van der Waals surface area contributed by atoms with E-state index in [1.807, 2.05) is 194 Å². The van der Waals surface area contributed by atoms with Gasteiger partial charge in [-0.3, -0.25) is 0 Å². The third kappa shape index (κ3) is 38.0. The van der Waals surface area contributed by atoms with E-state index in [9.17, 15) is 0 Å². The number of hydrogen-bond acceptors (Lipinski definition) is 0. The molecule has 0 fully saturated rings. The highest BCUT2D eigenvalue weighted by Crippen LogP contribution is 2.40. The van der Waals surface area contributed by atoms with Crippen molar-refractivity contribution in [2.45, 2.75) is 222 Å². The van der Waals surface area contributed by atoms with Crippen LogP contribution in [-0.2, 0) is 0 Å². The Balaban J connectivity index is -0.000000656. The van der Waals surface area contributed by atoms with Crippen molar-refractivity contribution >= 4 is 0 Å². The second kappa shape index (κ2) is 75.4. The molecule has 0 unspecified atom stereocenters. The van der Waals surface area contributed by atoms with Crippen LogP contribution in [0.2, 0.25) is 0 Å². The summed E-state index contributed by atoms with van der Waals surface area (Å²) < 4.78 is 0. The van der Waals surface area contributed by atoms with Crippen LogP contribution in [0.3, 0.4) is 0 Å². The minimum atomic E-state index is 1.25. The average Bonchev–Trinajstić information content (AvgIpc) is 0.787. The second-order valence-corrected chi connectivity index (χ2v) is 22.1. The van der Waals surface area contributed by atoms with Crippen LogP contribution < -0.4 is 0 Å². The van der Waals surface area contributed by atoms with Gasteiger partial charge in [0.05, 0.1) is 0 Å². The molecule has 0 heterocycles. The van der Waals surface area contributed by atoms with Gasteiger partial charge in [0.25, 0.3) is 0 Å². The fraction of sp³-hybridized carbons (Fsp3) is 0.276. The van der Waals surface area contributed by atoms with Gasteiger partial charge in [-0.2, -0.15) is 0 Å². The Morgan fingerprint density at radius 3 is 0.552 bits per heavy atom. The predicted octanol–water partition coefficient (Wildman–Crippen LogP) is 39.0. The van der Waals surface area contributed by atoms with E-state index in [0.29, 0.717) is 0 Å². The van der Waals surface area contributed by atoms with Crippen molar-refractivity contribution in [2.24, 2.45) is 0 Å². The predicted molar refractivity (Wildman–Crippen MR) is 538 cm³/mol. The molecule has 0 aliphatic carbocycles. The molecule has 14 aromatic carbocycles. The molecule has 14 aromatic rings. The highest BCUT2D eigenvalue weighted by Gasteiger charge is 2.15. The van der Waals surface area contributed by atoms with E-state index >= 15 is 0 Å². The lowest BCUT2D eigenvalue weighted by atomic mass is 9.88. The first kappa shape index (κ1) is 111. The Morgan fingerprint density at radius 2 is 0.293 bits per heavy atom. The molecule has 0 aliphatic rings. The largest absolute Gasteiger partial charge is 0.0683 e. The van der Waals surface area contributed by atoms with E-state index in [-0.39, 0.29) is 0 Å². The summed E-state index contributed by atoms with van der Waals surface area (Å²) in [6.45, 7) is 64.8. The Kier molecular flexibility index (Phi) is 72.4. The van der Waals surface area contributed by atoms with Crippen LogP contribution >= 0.6 is 0 Å². The van der Waals surface area contributed by atoms with Gasteiger partial charge in [-0.15, -0.1) is 0 Å². The van der Waals surface area contributed by atoms with Crippen molar-refractivity contribution in [3.63, 3.8) is 0 Å². The normalized spacial score (nSPS) is 8.69. The lowest BCUT2D eigenvalue weighted by molar-refractivity contribution is 1.44. The summed E-state index contributed by atoms with van der Waals surface area (Å²) in [7, 11) is 0. The zero-order chi connectivity index (χ0) is 88.3. The summed E-state index contributed by atoms with van der Waals surface area (Å²) in [6, 6.07) is 128. The van der Waals surface area contributed by atoms with E-state index in [4.69, 9.17) is 0 Å². The van der Waals surface area contributed by atoms with Gasteiger partial charge in [0, 0.05) is 0 Å². The molecule has 0 N–H and O–H groups in total. The van der Waals surface area contributed by atoms with Gasteiger partial charge >= 0.3 is 0 Å². The fourth-order valence-corrected chi connectivity index (χ4v) is 11.6. The maximum absolute atomic E-state index is 2.34. The zero-order valence-corrected chi connectivity index (χ0v) is 78.6. The molecule has 0 heteroatoms. The highest BCUT2D eigenvalue weighted by atomic mass is 14.2. The van der Waals surface area contributed by atoms with E-state index in [0.717, 1.165) is 0 Å². The molecule has 0 saturated heterocycles. The van der Waals surface area contributed by atoms with E-state index in [2.05, 4.69) is 392 Å². The maximum Gasteiger partial charge on any atom is -0.00990 e. The van der Waals surface area contributed by atoms with Crippen molar-refractivity contribution in [1.29, 1.82) is 0 Å². The fourth-order valence-electron chi connectivity index (χ4n) is 11.6. The van der Waals surface area contributed by atoms with E-state index in [1.54, 1.807) is 0 Å². The molecule has 0 atom stereocenters. The third-order valence-corrected chi connectivity index (χ3v) is 16.2. The molecule has 116 heavy (non-hydrogen) atoms. The number of benzene rings is 14. The van der Waals surface area contributed by atoms with Crippen LogP contribution in [0.15, 0.2) is 364 Å². The Morgan fingerprint density at radius 1 is 0.103 bits per heavy atom. The van der Waals surface area contributed by atoms with Gasteiger partial charge in [0.2, 0.25) is 0 Å². The summed E-state index contributed by atoms with van der Waals surface area (Å²) >= 11 is 0. The lowest BCUT2D eigenvalue weighted by Crippen LogP contribution is -1.91. The first-order chi connectivity index (χ1) is 57.4. The van der Waals surface area contributed by atoms with Crippen LogP contribution in [0.5, 0.6) is 0 Å². The molecule has 0 aliphatic heterocycles. The van der Waals surface area contributed by atoms with Crippen molar-refractivity contribution in [1.82, 2.24) is 0 Å². The zero-order valence-electron chi connectivity index (χ0n) is 78.6. The lowest BCUT2D eigenvalue weighted by Gasteiger charge is -2.16. The van der Waals surface area contributed by atoms with Crippen molar-refractivity contribution in [2.75, 3.05) is 0 Å². The van der Waals surface area contributed by atoms with Gasteiger partial charge in [-0.05, 0) is 179 Å². The molecule has 0 spiro atoms. The molecule has 14 rings (SSSR count). The van der Waals surface area contributed by atoms with E-state index in [1.165, 1.54) is 134 Å². The van der Waals surface area contributed by atoms with Crippen LogP contribution in [0.25, 0.3) is 111 Å². The molecule has 0 saturated carbocycles. The van der Waals surface area contributed by atoms with Crippen molar-refractivity contribution < 1.29 is 0 Å². The Bertz CT molecular complexity index is 4310. The SMILES string of the molecule is CC.CC.CC.CC.CC.CC.CC.CC.CC.CC.CC.CC.CC.CC.Cc1c(-c2ccccc2)cc(-c2ccccc2)cc1-c1ccccc1.Cc1c(-c2ccccc2)cccc1-c1ccccc1.Cc1cc(-c2ccccc2)c(-c2ccccc2)cc1-c1ccccc1.Cc1cc(-c2ccccc2)ccc1-c1ccccc1. The van der Waals surface area contributed by atoms with Crippen molar-refractivity contribution in [3.8, 4) is 111 Å². The summed E-state index contributed by atoms with van der Waals surface area (Å²) in [5, 5.41) is 0. The van der Waals surface area contributed by atoms with Crippen LogP contribution in [0.1, 0.15) is 216 Å². The number of hydrogen-bond donors (Lipinski definition) is 0. The van der Waals surface area contributed by atoms with Crippen LogP contribution in [-0.4, -0.2) is 0 Å². The molecular weight excluding hydrogens is 1390 g/mol. The molecule has 620 valence electrons. The summed E-state index contributed by atoms with van der Waals surface area (Å²) in [4.78, 5) is 0. The van der Waals surface area contributed by atoms with Crippen molar-refractivity contribution in [3.05, 3.63) is 386 Å². The topological polar surface area (TPSA) is 0 Å². The Labute approximate surface area is 714 Å². The monoisotopic (exact) mass is 1550 g/mol. The number of aryl methyl sites for hydroxylation is 2. The standard InChI is InChI=1S/2C25H20.2C19H16.14C2H6/c1-19-24(21-13-7-3-8-14-21)17-23(20-11-5-2-6-12-20)18-25(19)22-15-9-4-10-16-22;1-19-17-24(21-13-7-3-8-14-21)25(22-15-9-4-10-16-22)18-23(19)20-11-5-2-6-12-20;1-15-18(16-9-4-2-5-10-16)13-8-14-19(15)17-11-6-3-7-12-17;1-15-14-18(16-8-4-2-5-9-16)12-13-19(15)17-10-6-3-7-11-17;14*1-2/h2*2-18H,1H3;2*2-14H,1H3;14*1-2H3. The summed E-state index contributed by atoms with van der Waals surface area (Å²) in [6.07, 6.45) is 0. The van der Waals surface area contributed by atoms with Gasteiger partial charge in [-0.25, -0.2) is 0 Å². The van der Waals surface area contributed by atoms with Crippen LogP contribution in [0.4, 0.5) is 0 Å². The maximum atomic E-state index is 2.34. The minimum Gasteiger partial charge on any atom is -0.0683 e. The first-order valence-electron chi connectivity index (χ1n) is 44.4. The molecule has 0 aromatic heterocycles. The quantitative estimate of drug-likeness (QED) is 0.128. The second-order valence-electron chi connectivity index (χ2n) is 22.1. The molecule has 0 radical (unpaired) electrons. The average molecular weight is 1550 g/mol. The smallest absolute Gasteiger partial charge is 0.00990 e. The Hall–Kier alpha value is -10.9. The highest BCUT2D eigenvalue weighted by molar-refractivity contribution is 5.89. The van der Waals surface area contributed by atoms with Gasteiger partial charge in [-0.1, -0.05) is 540 Å². The summed E-state index contributed by atoms with van der Waals surface area (Å²) in [5.74, 6) is 0. The molecule has 0 amide bonds. The van der Waals surface area contributed by atoms with E-state index < -0.39 is 0 Å². The first-order valence-corrected chi connectivity index (χ1v) is 44.4. The van der Waals surface area contributed by atoms with Gasteiger partial charge in [0.1, 0.15) is 0 Å². The van der Waals surface area contributed by atoms with Gasteiger partial charge < -0.3 is 0 Å². The molecule has 0 bridgehead atoms. The number of rotatable bonds is 10.